The highest BCUT2D eigenvalue weighted by Crippen LogP contribution is 2.48. The van der Waals surface area contributed by atoms with Crippen LogP contribution in [0.1, 0.15) is 48.2 Å². The Bertz CT molecular complexity index is 811. The number of hydrogen-bond donors (Lipinski definition) is 1. The second-order valence-electron chi connectivity index (χ2n) is 7.32. The van der Waals surface area contributed by atoms with E-state index in [1.54, 1.807) is 21.8 Å². The first-order valence-electron chi connectivity index (χ1n) is 9.23. The topological polar surface area (TPSA) is 75.4 Å². The molecule has 1 aliphatic carbocycles. The van der Waals surface area contributed by atoms with E-state index < -0.39 is 12.0 Å². The zero-order valence-electron chi connectivity index (χ0n) is 14.7. The van der Waals surface area contributed by atoms with Gasteiger partial charge in [-0.1, -0.05) is 30.3 Å². The Kier molecular flexibility index (Phi) is 4.26. The Hall–Kier alpha value is -2.63. The fourth-order valence-electron chi connectivity index (χ4n) is 4.35. The van der Waals surface area contributed by atoms with Gasteiger partial charge in [-0.25, -0.2) is 4.79 Å². The number of aliphatic carboxylic acids is 1. The summed E-state index contributed by atoms with van der Waals surface area (Å²) in [7, 11) is 0. The van der Waals surface area contributed by atoms with Crippen LogP contribution in [0.3, 0.4) is 0 Å². The lowest BCUT2D eigenvalue weighted by atomic mass is 9.75. The maximum Gasteiger partial charge on any atom is 0.326 e. The van der Waals surface area contributed by atoms with Crippen molar-refractivity contribution in [3.63, 3.8) is 0 Å². The van der Waals surface area contributed by atoms with Crippen molar-refractivity contribution < 1.29 is 14.7 Å². The Labute approximate surface area is 152 Å². The van der Waals surface area contributed by atoms with Gasteiger partial charge < -0.3 is 10.0 Å². The molecule has 4 rings (SSSR count). The third-order valence-corrected chi connectivity index (χ3v) is 5.88. The van der Waals surface area contributed by atoms with Gasteiger partial charge in [0.05, 0.1) is 0 Å². The number of rotatable bonds is 5. The second-order valence-corrected chi connectivity index (χ2v) is 7.32. The molecular formula is C20H23N3O3. The second kappa shape index (κ2) is 6.59. The number of aromatic nitrogens is 2. The Morgan fingerprint density at radius 3 is 2.58 bits per heavy atom. The third-order valence-electron chi connectivity index (χ3n) is 5.88. The summed E-state index contributed by atoms with van der Waals surface area (Å²) in [6.45, 7) is 0.594. The van der Waals surface area contributed by atoms with E-state index in [-0.39, 0.29) is 11.4 Å². The van der Waals surface area contributed by atoms with Crippen molar-refractivity contribution in [3.8, 4) is 0 Å². The molecule has 1 N–H and O–H groups in total. The van der Waals surface area contributed by atoms with Crippen LogP contribution in [0.5, 0.6) is 0 Å². The standard InChI is InChI=1S/C20H23N3O3/c24-18(23-17(19(25)26)7-12-20(23)10-4-11-20)16-8-13-21-22(16)14-9-15-5-2-1-3-6-15/h1-3,5-6,8,13,17H,4,7,9-12,14H2,(H,25,26). The van der Waals surface area contributed by atoms with E-state index in [1.807, 2.05) is 18.2 Å². The summed E-state index contributed by atoms with van der Waals surface area (Å²) in [6.07, 6.45) is 6.59. The largest absolute Gasteiger partial charge is 0.480 e. The van der Waals surface area contributed by atoms with E-state index in [9.17, 15) is 14.7 Å². The van der Waals surface area contributed by atoms with E-state index in [4.69, 9.17) is 0 Å². The summed E-state index contributed by atoms with van der Waals surface area (Å²) >= 11 is 0. The first-order chi connectivity index (χ1) is 12.6. The molecule has 1 aliphatic heterocycles. The molecule has 1 aromatic heterocycles. The molecule has 0 bridgehead atoms. The Balaban J connectivity index is 1.56. The van der Waals surface area contributed by atoms with Gasteiger partial charge in [0.2, 0.25) is 0 Å². The Morgan fingerprint density at radius 1 is 1.15 bits per heavy atom. The summed E-state index contributed by atoms with van der Waals surface area (Å²) in [5, 5.41) is 13.9. The predicted octanol–water partition coefficient (Wildman–Crippen LogP) is 2.74. The summed E-state index contributed by atoms with van der Waals surface area (Å²) in [4.78, 5) is 26.6. The fraction of sp³-hybridized carbons (Fsp3) is 0.450. The van der Waals surface area contributed by atoms with Crippen molar-refractivity contribution in [2.45, 2.75) is 56.7 Å². The molecule has 26 heavy (non-hydrogen) atoms. The predicted molar refractivity (Wildman–Crippen MR) is 95.8 cm³/mol. The number of hydrogen-bond acceptors (Lipinski definition) is 3. The molecule has 1 atom stereocenters. The van der Waals surface area contributed by atoms with Crippen molar-refractivity contribution in [1.29, 1.82) is 0 Å². The van der Waals surface area contributed by atoms with Crippen LogP contribution in [0.2, 0.25) is 0 Å². The molecule has 1 unspecified atom stereocenters. The maximum absolute atomic E-state index is 13.3. The smallest absolute Gasteiger partial charge is 0.326 e. The van der Waals surface area contributed by atoms with Crippen LogP contribution in [-0.4, -0.2) is 43.2 Å². The van der Waals surface area contributed by atoms with Gasteiger partial charge in [0.15, 0.2) is 0 Å². The first kappa shape index (κ1) is 16.8. The highest BCUT2D eigenvalue weighted by atomic mass is 16.4. The number of aryl methyl sites for hydroxylation is 2. The zero-order valence-corrected chi connectivity index (χ0v) is 14.7. The molecule has 2 heterocycles. The quantitative estimate of drug-likeness (QED) is 0.897. The van der Waals surface area contributed by atoms with Crippen LogP contribution in [0.25, 0.3) is 0 Å². The lowest BCUT2D eigenvalue weighted by molar-refractivity contribution is -0.143. The SMILES string of the molecule is O=C(O)C1CCC2(CCC2)N1C(=O)c1ccnn1CCc1ccccc1. The molecule has 2 aliphatic rings. The van der Waals surface area contributed by atoms with Crippen LogP contribution in [0.4, 0.5) is 0 Å². The highest BCUT2D eigenvalue weighted by Gasteiger charge is 2.54. The first-order valence-corrected chi connectivity index (χ1v) is 9.23. The van der Waals surface area contributed by atoms with Gasteiger partial charge in [0.25, 0.3) is 5.91 Å². The summed E-state index contributed by atoms with van der Waals surface area (Å²) in [6, 6.07) is 11.0. The molecule has 2 aromatic rings. The lowest BCUT2D eigenvalue weighted by Crippen LogP contribution is -2.56. The average Bonchev–Trinajstić information content (AvgIpc) is 3.24. The molecule has 0 radical (unpaired) electrons. The van der Waals surface area contributed by atoms with Crippen molar-refractivity contribution in [3.05, 3.63) is 53.9 Å². The van der Waals surface area contributed by atoms with Crippen LogP contribution in [-0.2, 0) is 17.8 Å². The molecule has 1 saturated carbocycles. The van der Waals surface area contributed by atoms with E-state index in [0.29, 0.717) is 18.7 Å². The van der Waals surface area contributed by atoms with E-state index >= 15 is 0 Å². The third kappa shape index (κ3) is 2.79. The zero-order chi connectivity index (χ0) is 18.1. The fourth-order valence-corrected chi connectivity index (χ4v) is 4.35. The summed E-state index contributed by atoms with van der Waals surface area (Å²) in [5.74, 6) is -1.10. The summed E-state index contributed by atoms with van der Waals surface area (Å²) in [5.41, 5.74) is 1.41. The van der Waals surface area contributed by atoms with E-state index in [0.717, 1.165) is 32.1 Å². The molecule has 2 fully saturated rings. The maximum atomic E-state index is 13.3. The van der Waals surface area contributed by atoms with Crippen molar-refractivity contribution in [2.75, 3.05) is 0 Å². The van der Waals surface area contributed by atoms with Crippen LogP contribution in [0.15, 0.2) is 42.6 Å². The molecule has 1 spiro atoms. The number of carbonyl (C=O) groups excluding carboxylic acids is 1. The molecule has 6 nitrogen and oxygen atoms in total. The molecule has 1 aromatic carbocycles. The molecular weight excluding hydrogens is 330 g/mol. The minimum Gasteiger partial charge on any atom is -0.480 e. The van der Waals surface area contributed by atoms with Crippen molar-refractivity contribution in [1.82, 2.24) is 14.7 Å². The van der Waals surface area contributed by atoms with Gasteiger partial charge in [-0.2, -0.15) is 5.10 Å². The van der Waals surface area contributed by atoms with Crippen LogP contribution < -0.4 is 0 Å². The highest BCUT2D eigenvalue weighted by molar-refractivity contribution is 5.96. The number of carboxylic acid groups (broad SMARTS) is 1. The van der Waals surface area contributed by atoms with E-state index in [1.165, 1.54) is 5.56 Å². The van der Waals surface area contributed by atoms with Gasteiger partial charge in [-0.05, 0) is 50.2 Å². The van der Waals surface area contributed by atoms with Crippen molar-refractivity contribution in [2.24, 2.45) is 0 Å². The number of carbonyl (C=O) groups is 2. The summed E-state index contributed by atoms with van der Waals surface area (Å²) < 4.78 is 1.71. The average molecular weight is 353 g/mol. The van der Waals surface area contributed by atoms with Gasteiger partial charge in [-0.15, -0.1) is 0 Å². The van der Waals surface area contributed by atoms with Gasteiger partial charge in [-0.3, -0.25) is 9.48 Å². The number of benzene rings is 1. The van der Waals surface area contributed by atoms with Crippen LogP contribution in [0, 0.1) is 0 Å². The number of amides is 1. The van der Waals surface area contributed by atoms with Gasteiger partial charge in [0.1, 0.15) is 11.7 Å². The van der Waals surface area contributed by atoms with E-state index in [2.05, 4.69) is 17.2 Å². The Morgan fingerprint density at radius 2 is 1.92 bits per heavy atom. The molecule has 1 saturated heterocycles. The van der Waals surface area contributed by atoms with Crippen LogP contribution >= 0.6 is 0 Å². The minimum atomic E-state index is -0.905. The number of carboxylic acids is 1. The van der Waals surface area contributed by atoms with Gasteiger partial charge in [0, 0.05) is 18.3 Å². The minimum absolute atomic E-state index is 0.194. The normalized spacial score (nSPS) is 20.9. The lowest BCUT2D eigenvalue weighted by Gasteiger charge is -2.46. The molecule has 136 valence electrons. The molecule has 6 heteroatoms. The molecule has 1 amide bonds. The number of likely N-dealkylation sites (tertiary alicyclic amines) is 1. The van der Waals surface area contributed by atoms with Gasteiger partial charge >= 0.3 is 5.97 Å². The van der Waals surface area contributed by atoms with Crippen molar-refractivity contribution >= 4 is 11.9 Å². The monoisotopic (exact) mass is 353 g/mol. The number of nitrogens with zero attached hydrogens (tertiary/aromatic N) is 3.